The van der Waals surface area contributed by atoms with E-state index in [1.165, 1.54) is 19.3 Å². The molecule has 0 spiro atoms. The van der Waals surface area contributed by atoms with Gasteiger partial charge in [-0.05, 0) is 48.7 Å². The second-order valence-electron chi connectivity index (χ2n) is 7.30. The molecule has 0 saturated heterocycles. The number of ether oxygens (including phenoxy) is 1. The Balaban J connectivity index is 1.82. The number of aromatic amines is 1. The minimum absolute atomic E-state index is 0.388. The van der Waals surface area contributed by atoms with Crippen molar-refractivity contribution in [1.82, 2.24) is 14.9 Å². The van der Waals surface area contributed by atoms with Crippen LogP contribution in [0.1, 0.15) is 63.3 Å². The number of hydrogen-bond donors (Lipinski definition) is 1. The van der Waals surface area contributed by atoms with Crippen molar-refractivity contribution in [2.75, 3.05) is 6.61 Å². The van der Waals surface area contributed by atoms with E-state index >= 15 is 0 Å². The van der Waals surface area contributed by atoms with Gasteiger partial charge in [0.25, 0.3) is 0 Å². The third kappa shape index (κ3) is 5.12. The van der Waals surface area contributed by atoms with E-state index in [4.69, 9.17) is 40.2 Å². The van der Waals surface area contributed by atoms with Gasteiger partial charge in [0.05, 0.1) is 22.9 Å². The van der Waals surface area contributed by atoms with Crippen LogP contribution in [0.25, 0.3) is 0 Å². The maximum absolute atomic E-state index is 6.35. The summed E-state index contributed by atoms with van der Waals surface area (Å²) in [7, 11) is 0. The van der Waals surface area contributed by atoms with E-state index in [2.05, 4.69) is 29.1 Å². The quantitative estimate of drug-likeness (QED) is 0.440. The number of nitrogens with zero attached hydrogens (tertiary/aromatic N) is 3. The molecule has 0 radical (unpaired) electrons. The maximum Gasteiger partial charge on any atom is 0.216 e. The van der Waals surface area contributed by atoms with Crippen LogP contribution in [0.15, 0.2) is 17.2 Å². The zero-order chi connectivity index (χ0) is 19.4. The Kier molecular flexibility index (Phi) is 6.95. The number of H-pyrrole nitrogens is 1. The van der Waals surface area contributed by atoms with Crippen molar-refractivity contribution in [3.63, 3.8) is 0 Å². The Morgan fingerprint density at radius 1 is 1.30 bits per heavy atom. The van der Waals surface area contributed by atoms with Crippen molar-refractivity contribution < 1.29 is 4.74 Å². The summed E-state index contributed by atoms with van der Waals surface area (Å²) in [5.41, 5.74) is 0.777. The zero-order valence-electron chi connectivity index (χ0n) is 15.5. The van der Waals surface area contributed by atoms with Crippen LogP contribution in [0.2, 0.25) is 10.0 Å². The van der Waals surface area contributed by atoms with Gasteiger partial charge in [0.2, 0.25) is 4.77 Å². The van der Waals surface area contributed by atoms with Crippen molar-refractivity contribution in [3.8, 4) is 5.75 Å². The van der Waals surface area contributed by atoms with Gasteiger partial charge in [0.15, 0.2) is 11.6 Å². The van der Waals surface area contributed by atoms with Crippen LogP contribution in [0.4, 0.5) is 0 Å². The Morgan fingerprint density at radius 2 is 1.96 bits per heavy atom. The predicted molar refractivity (Wildman–Crippen MR) is 113 cm³/mol. The highest BCUT2D eigenvalue weighted by atomic mass is 35.5. The molecule has 1 aliphatic rings. The molecule has 27 heavy (non-hydrogen) atoms. The van der Waals surface area contributed by atoms with Gasteiger partial charge in [-0.1, -0.05) is 56.3 Å². The first-order valence-electron chi connectivity index (χ1n) is 9.29. The Labute approximate surface area is 174 Å². The molecule has 1 aromatic heterocycles. The van der Waals surface area contributed by atoms with Crippen molar-refractivity contribution in [1.29, 1.82) is 0 Å². The van der Waals surface area contributed by atoms with Crippen LogP contribution in [-0.2, 0) is 0 Å². The Morgan fingerprint density at radius 3 is 2.59 bits per heavy atom. The molecule has 3 rings (SSSR count). The minimum atomic E-state index is 0.388. The lowest BCUT2D eigenvalue weighted by atomic mass is 9.89. The molecule has 5 nitrogen and oxygen atoms in total. The number of rotatable bonds is 6. The Hall–Kier alpha value is -1.37. The first-order chi connectivity index (χ1) is 13.0. The highest BCUT2D eigenvalue weighted by Gasteiger charge is 2.21. The summed E-state index contributed by atoms with van der Waals surface area (Å²) in [6, 6.07) is 3.58. The lowest BCUT2D eigenvalue weighted by Gasteiger charge is -2.19. The smallest absolute Gasteiger partial charge is 0.216 e. The molecular weight excluding hydrogens is 403 g/mol. The van der Waals surface area contributed by atoms with E-state index < -0.39 is 0 Å². The molecule has 8 heteroatoms. The van der Waals surface area contributed by atoms with Crippen LogP contribution >= 0.6 is 35.4 Å². The summed E-state index contributed by atoms with van der Waals surface area (Å²) in [5, 5.41) is 12.7. The molecule has 146 valence electrons. The van der Waals surface area contributed by atoms with Gasteiger partial charge in [-0.15, -0.1) is 0 Å². The molecule has 1 fully saturated rings. The lowest BCUT2D eigenvalue weighted by Crippen LogP contribution is -2.10. The monoisotopic (exact) mass is 426 g/mol. The SMILES string of the molecule is CC(C)COc1c(Cl)cc(/C=N\n2c(C3CCCCC3)n[nH]c2=S)cc1Cl. The molecule has 1 N–H and O–H groups in total. The number of aromatic nitrogens is 3. The van der Waals surface area contributed by atoms with Gasteiger partial charge in [0.1, 0.15) is 0 Å². The molecule has 0 bridgehead atoms. The Bertz CT molecular complexity index is 846. The predicted octanol–water partition coefficient (Wildman–Crippen LogP) is 6.21. The van der Waals surface area contributed by atoms with Crippen molar-refractivity contribution in [2.45, 2.75) is 51.9 Å². The molecule has 1 heterocycles. The zero-order valence-corrected chi connectivity index (χ0v) is 17.9. The molecule has 1 aliphatic carbocycles. The van der Waals surface area contributed by atoms with E-state index in [9.17, 15) is 0 Å². The number of hydrogen-bond acceptors (Lipinski definition) is 4. The molecule has 1 aromatic carbocycles. The normalized spacial score (nSPS) is 15.7. The second kappa shape index (κ2) is 9.22. The van der Waals surface area contributed by atoms with E-state index in [1.54, 1.807) is 23.0 Å². The molecule has 0 amide bonds. The highest BCUT2D eigenvalue weighted by molar-refractivity contribution is 7.71. The molecule has 0 aliphatic heterocycles. The van der Waals surface area contributed by atoms with Crippen LogP contribution in [0.3, 0.4) is 0 Å². The van der Waals surface area contributed by atoms with Crippen molar-refractivity contribution in [2.24, 2.45) is 11.0 Å². The maximum atomic E-state index is 6.35. The summed E-state index contributed by atoms with van der Waals surface area (Å²) in [4.78, 5) is 0. The first-order valence-corrected chi connectivity index (χ1v) is 10.5. The van der Waals surface area contributed by atoms with Gasteiger partial charge >= 0.3 is 0 Å². The number of halogens is 2. The lowest BCUT2D eigenvalue weighted by molar-refractivity contribution is 0.271. The molecule has 1 saturated carbocycles. The van der Waals surface area contributed by atoms with Gasteiger partial charge in [0, 0.05) is 5.92 Å². The molecule has 0 unspecified atom stereocenters. The third-order valence-electron chi connectivity index (χ3n) is 4.55. The average molecular weight is 427 g/mol. The van der Waals surface area contributed by atoms with Crippen LogP contribution in [-0.4, -0.2) is 27.7 Å². The summed E-state index contributed by atoms with van der Waals surface area (Å²) in [6.07, 6.45) is 7.66. The van der Waals surface area contributed by atoms with Gasteiger partial charge in [-0.3, -0.25) is 5.10 Å². The van der Waals surface area contributed by atoms with E-state index in [-0.39, 0.29) is 0 Å². The van der Waals surface area contributed by atoms with E-state index in [0.717, 1.165) is 24.2 Å². The van der Waals surface area contributed by atoms with Crippen LogP contribution < -0.4 is 4.74 Å². The van der Waals surface area contributed by atoms with Crippen molar-refractivity contribution in [3.05, 3.63) is 38.3 Å². The number of benzene rings is 1. The number of nitrogens with one attached hydrogen (secondary N) is 1. The summed E-state index contributed by atoms with van der Waals surface area (Å²) >= 11 is 18.0. The summed E-state index contributed by atoms with van der Waals surface area (Å²) in [6.45, 7) is 4.70. The van der Waals surface area contributed by atoms with Gasteiger partial charge in [-0.2, -0.15) is 14.9 Å². The molecule has 0 atom stereocenters. The second-order valence-corrected chi connectivity index (χ2v) is 8.50. The fraction of sp³-hybridized carbons (Fsp3) is 0.526. The van der Waals surface area contributed by atoms with Crippen LogP contribution in [0, 0.1) is 10.7 Å². The van der Waals surface area contributed by atoms with Gasteiger partial charge in [-0.25, -0.2) is 0 Å². The minimum Gasteiger partial charge on any atom is -0.490 e. The average Bonchev–Trinajstić information content (AvgIpc) is 3.00. The van der Waals surface area contributed by atoms with Crippen LogP contribution in [0.5, 0.6) is 5.75 Å². The topological polar surface area (TPSA) is 55.2 Å². The first kappa shape index (κ1) is 20.4. The molecular formula is C19H24Cl2N4OS. The highest BCUT2D eigenvalue weighted by Crippen LogP contribution is 2.34. The van der Waals surface area contributed by atoms with Crippen molar-refractivity contribution >= 4 is 41.6 Å². The fourth-order valence-corrected chi connectivity index (χ4v) is 4.01. The summed E-state index contributed by atoms with van der Waals surface area (Å²) < 4.78 is 7.90. The van der Waals surface area contributed by atoms with E-state index in [0.29, 0.717) is 39.0 Å². The molecule has 2 aromatic rings. The largest absolute Gasteiger partial charge is 0.490 e. The standard InChI is InChI=1S/C19H24Cl2N4OS/c1-12(2)11-26-17-15(20)8-13(9-16(17)21)10-22-25-18(23-24-19(25)27)14-6-4-3-5-7-14/h8-10,12,14H,3-7,11H2,1-2H3,(H,24,27)/b22-10-. The van der Waals surface area contributed by atoms with Gasteiger partial charge < -0.3 is 4.74 Å². The third-order valence-corrected chi connectivity index (χ3v) is 5.38. The van der Waals surface area contributed by atoms with E-state index in [1.807, 2.05) is 0 Å². The summed E-state index contributed by atoms with van der Waals surface area (Å²) in [5.74, 6) is 2.18. The fourth-order valence-electron chi connectivity index (χ4n) is 3.21.